The first-order valence-corrected chi connectivity index (χ1v) is 13.1. The van der Waals surface area contributed by atoms with E-state index in [0.717, 1.165) is 28.2 Å². The Balaban J connectivity index is 1.40. The van der Waals surface area contributed by atoms with Gasteiger partial charge in [-0.15, -0.1) is 0 Å². The first-order chi connectivity index (χ1) is 19.5. The highest BCUT2D eigenvalue weighted by Crippen LogP contribution is 2.46. The molecule has 6 rings (SSSR count). The molecule has 0 unspecified atom stereocenters. The maximum absolute atomic E-state index is 12.6. The molecule has 0 radical (unpaired) electrons. The van der Waals surface area contributed by atoms with Crippen molar-refractivity contribution in [3.05, 3.63) is 129 Å². The predicted molar refractivity (Wildman–Crippen MR) is 147 cm³/mol. The van der Waals surface area contributed by atoms with Crippen LogP contribution in [0.1, 0.15) is 23.1 Å². The highest BCUT2D eigenvalue weighted by atomic mass is 16.6. The zero-order chi connectivity index (χ0) is 27.7. The second kappa shape index (κ2) is 10.4. The lowest BCUT2D eigenvalue weighted by Gasteiger charge is -2.38. The largest absolute Gasteiger partial charge is 0.497 e. The number of methoxy groups -OCH3 is 2. The minimum Gasteiger partial charge on any atom is -0.497 e. The summed E-state index contributed by atoms with van der Waals surface area (Å²) in [4.78, 5) is 26.6. The van der Waals surface area contributed by atoms with Gasteiger partial charge in [-0.25, -0.2) is 4.79 Å². The molecule has 1 N–H and O–H groups in total. The number of benzene rings is 3. The van der Waals surface area contributed by atoms with Crippen molar-refractivity contribution >= 4 is 0 Å². The molecule has 3 heterocycles. The molecule has 9 heteroatoms. The summed E-state index contributed by atoms with van der Waals surface area (Å²) in [7, 11) is 3.27. The van der Waals surface area contributed by atoms with Crippen molar-refractivity contribution in [2.24, 2.45) is 0 Å². The van der Waals surface area contributed by atoms with Crippen LogP contribution in [0.4, 0.5) is 0 Å². The molecule has 9 nitrogen and oxygen atoms in total. The zero-order valence-electron chi connectivity index (χ0n) is 22.2. The van der Waals surface area contributed by atoms with Crippen LogP contribution in [0.3, 0.4) is 0 Å². The molecule has 3 aromatic carbocycles. The number of H-pyrrole nitrogens is 1. The van der Waals surface area contributed by atoms with Crippen LogP contribution < -0.4 is 20.7 Å². The van der Waals surface area contributed by atoms with Crippen LogP contribution in [0, 0.1) is 0 Å². The fourth-order valence-electron chi connectivity index (χ4n) is 5.73. The van der Waals surface area contributed by atoms with E-state index < -0.39 is 28.7 Å². The van der Waals surface area contributed by atoms with Crippen LogP contribution >= 0.6 is 0 Å². The molecule has 2 aliphatic heterocycles. The van der Waals surface area contributed by atoms with Crippen LogP contribution in [0.5, 0.6) is 11.5 Å². The number of nitrogens with one attached hydrogen (secondary N) is 1. The molecule has 2 saturated heterocycles. The molecule has 0 saturated carbocycles. The van der Waals surface area contributed by atoms with Crippen molar-refractivity contribution in [3.63, 3.8) is 0 Å². The summed E-state index contributed by atoms with van der Waals surface area (Å²) < 4.78 is 31.8. The molecule has 1 aromatic heterocycles. The van der Waals surface area contributed by atoms with Crippen LogP contribution in [-0.2, 0) is 25.5 Å². The molecule has 40 heavy (non-hydrogen) atoms. The Labute approximate surface area is 230 Å². The van der Waals surface area contributed by atoms with E-state index in [-0.39, 0.29) is 19.3 Å². The number of hydrogen-bond donors (Lipinski definition) is 1. The van der Waals surface area contributed by atoms with Gasteiger partial charge >= 0.3 is 5.69 Å². The lowest BCUT2D eigenvalue weighted by molar-refractivity contribution is -0.202. The fourth-order valence-corrected chi connectivity index (χ4v) is 5.73. The number of ether oxygens (including phenoxy) is 5. The summed E-state index contributed by atoms with van der Waals surface area (Å²) in [5, 5.41) is 0. The Bertz CT molecular complexity index is 1530. The molecule has 0 spiro atoms. The second-order valence-electron chi connectivity index (χ2n) is 9.95. The molecular formula is C31H30N2O7. The highest BCUT2D eigenvalue weighted by Gasteiger charge is 2.56. The Morgan fingerprint density at radius 2 is 1.48 bits per heavy atom. The van der Waals surface area contributed by atoms with Crippen LogP contribution in [0.15, 0.2) is 101 Å². The van der Waals surface area contributed by atoms with Gasteiger partial charge in [-0.3, -0.25) is 14.3 Å². The first kappa shape index (κ1) is 26.1. The van der Waals surface area contributed by atoms with Crippen molar-refractivity contribution in [2.45, 2.75) is 30.0 Å². The summed E-state index contributed by atoms with van der Waals surface area (Å²) >= 11 is 0. The summed E-state index contributed by atoms with van der Waals surface area (Å²) in [5.74, 6) is 1.47. The summed E-state index contributed by atoms with van der Waals surface area (Å²) in [6.45, 7) is 0.387. The van der Waals surface area contributed by atoms with E-state index in [1.807, 2.05) is 78.9 Å². The number of fused-ring (bicyclic) bond motifs is 2. The second-order valence-corrected chi connectivity index (χ2v) is 9.95. The van der Waals surface area contributed by atoms with Gasteiger partial charge in [0.2, 0.25) is 0 Å². The van der Waals surface area contributed by atoms with Gasteiger partial charge in [-0.05, 0) is 41.0 Å². The van der Waals surface area contributed by atoms with Crippen molar-refractivity contribution in [3.8, 4) is 11.5 Å². The van der Waals surface area contributed by atoms with Gasteiger partial charge < -0.3 is 23.7 Å². The molecule has 2 aliphatic rings. The third-order valence-corrected chi connectivity index (χ3v) is 7.73. The molecule has 0 amide bonds. The number of rotatable bonds is 9. The molecule has 2 bridgehead atoms. The predicted octanol–water partition coefficient (Wildman–Crippen LogP) is 3.40. The summed E-state index contributed by atoms with van der Waals surface area (Å²) in [6.07, 6.45) is 1.20. The van der Waals surface area contributed by atoms with Crippen LogP contribution in [0.25, 0.3) is 0 Å². The topological polar surface area (TPSA) is 101 Å². The van der Waals surface area contributed by atoms with E-state index in [9.17, 15) is 9.59 Å². The van der Waals surface area contributed by atoms with Crippen LogP contribution in [-0.4, -0.2) is 49.2 Å². The quantitative estimate of drug-likeness (QED) is 0.324. The lowest BCUT2D eigenvalue weighted by Crippen LogP contribution is -2.48. The third-order valence-electron chi connectivity index (χ3n) is 7.73. The maximum Gasteiger partial charge on any atom is 0.330 e. The Morgan fingerprint density at radius 3 is 2.05 bits per heavy atom. The van der Waals surface area contributed by atoms with E-state index in [1.165, 1.54) is 16.8 Å². The van der Waals surface area contributed by atoms with E-state index >= 15 is 0 Å². The number of nitrogens with zero attached hydrogens (tertiary/aromatic N) is 1. The van der Waals surface area contributed by atoms with Crippen LogP contribution in [0.2, 0.25) is 0 Å². The smallest absolute Gasteiger partial charge is 0.330 e. The molecule has 206 valence electrons. The van der Waals surface area contributed by atoms with E-state index in [4.69, 9.17) is 23.7 Å². The standard InChI is InChI=1S/C31H30N2O7/c1-36-24-12-8-22(9-13-24)31(21-6-4-3-5-7-21,23-10-14-25(37-2)15-11-23)39-19-27-26-18-30(40-27,20-38-26)33-17-16-28(34)32-29(33)35/h3-17,26-27H,18-20H2,1-2H3,(H,32,34,35)/t26-,27+,30-/m0/s1. The SMILES string of the molecule is COc1ccc(C(OC[C@H]2O[C@]3(n4ccc(=O)[nH]c4=O)CO[C@H]2C3)(c2ccccc2)c2ccc(OC)cc2)cc1. The van der Waals surface area contributed by atoms with Crippen molar-refractivity contribution < 1.29 is 23.7 Å². The van der Waals surface area contributed by atoms with Gasteiger partial charge in [0, 0.05) is 18.7 Å². The number of aromatic amines is 1. The number of aromatic nitrogens is 2. The minimum absolute atomic E-state index is 0.178. The third kappa shape index (κ3) is 4.42. The van der Waals surface area contributed by atoms with Gasteiger partial charge in [0.05, 0.1) is 33.5 Å². The molecule has 4 aromatic rings. The maximum atomic E-state index is 12.6. The van der Waals surface area contributed by atoms with Gasteiger partial charge in [-0.2, -0.15) is 0 Å². The van der Waals surface area contributed by atoms with Gasteiger partial charge in [0.15, 0.2) is 5.72 Å². The fraction of sp³-hybridized carbons (Fsp3) is 0.290. The van der Waals surface area contributed by atoms with E-state index in [0.29, 0.717) is 6.42 Å². The molecule has 0 aliphatic carbocycles. The molecule has 3 atom stereocenters. The highest BCUT2D eigenvalue weighted by molar-refractivity contribution is 5.49. The van der Waals surface area contributed by atoms with Crippen molar-refractivity contribution in [1.82, 2.24) is 9.55 Å². The normalized spacial score (nSPS) is 21.9. The minimum atomic E-state index is -1.01. The molecular weight excluding hydrogens is 512 g/mol. The van der Waals surface area contributed by atoms with Crippen molar-refractivity contribution in [1.29, 1.82) is 0 Å². The average molecular weight is 543 g/mol. The van der Waals surface area contributed by atoms with Gasteiger partial charge in [0.1, 0.15) is 23.2 Å². The van der Waals surface area contributed by atoms with Gasteiger partial charge in [0.25, 0.3) is 5.56 Å². The van der Waals surface area contributed by atoms with E-state index in [2.05, 4.69) is 4.98 Å². The van der Waals surface area contributed by atoms with Crippen molar-refractivity contribution in [2.75, 3.05) is 27.4 Å². The zero-order valence-corrected chi connectivity index (χ0v) is 22.2. The van der Waals surface area contributed by atoms with Gasteiger partial charge in [-0.1, -0.05) is 54.6 Å². The molecule has 2 fully saturated rings. The summed E-state index contributed by atoms with van der Waals surface area (Å²) in [6, 6.07) is 26.9. The first-order valence-electron chi connectivity index (χ1n) is 13.1. The average Bonchev–Trinajstić information content (AvgIpc) is 3.58. The summed E-state index contributed by atoms with van der Waals surface area (Å²) in [5.41, 5.74) is -0.268. The number of hydrogen-bond acceptors (Lipinski definition) is 7. The Hall–Kier alpha value is -4.18. The monoisotopic (exact) mass is 542 g/mol. The lowest BCUT2D eigenvalue weighted by atomic mass is 9.80. The Morgan fingerprint density at radius 1 is 0.875 bits per heavy atom. The van der Waals surface area contributed by atoms with E-state index in [1.54, 1.807) is 14.2 Å². The Kier molecular flexibility index (Phi) is 6.79.